The second-order valence-electron chi connectivity index (χ2n) is 5.79. The largest absolute Gasteiger partial charge is 0.482 e. The van der Waals surface area contributed by atoms with Crippen LogP contribution in [0.1, 0.15) is 47.8 Å². The molecule has 26 heavy (non-hydrogen) atoms. The zero-order chi connectivity index (χ0) is 19.3. The van der Waals surface area contributed by atoms with E-state index in [-0.39, 0.29) is 18.1 Å². The summed E-state index contributed by atoms with van der Waals surface area (Å²) >= 11 is 0. The second-order valence-corrected chi connectivity index (χ2v) is 5.79. The molecule has 2 unspecified atom stereocenters. The van der Waals surface area contributed by atoms with Crippen LogP contribution in [0, 0.1) is 0 Å². The van der Waals surface area contributed by atoms with E-state index in [0.717, 1.165) is 5.56 Å². The van der Waals surface area contributed by atoms with E-state index in [1.54, 1.807) is 13.8 Å². The van der Waals surface area contributed by atoms with Crippen molar-refractivity contribution in [2.45, 2.75) is 32.8 Å². The fourth-order valence-corrected chi connectivity index (χ4v) is 2.52. The van der Waals surface area contributed by atoms with Gasteiger partial charge in [0.1, 0.15) is 12.8 Å². The number of pyridine rings is 1. The quantitative estimate of drug-likeness (QED) is 0.778. The molecule has 1 aromatic carbocycles. The van der Waals surface area contributed by atoms with Crippen LogP contribution in [0.5, 0.6) is 5.75 Å². The molecule has 2 aromatic rings. The number of carbonyl (C=O) groups is 1. The number of carboxylic acids is 1. The van der Waals surface area contributed by atoms with Crippen molar-refractivity contribution in [3.05, 3.63) is 63.6 Å². The molecule has 1 N–H and O–H groups in total. The van der Waals surface area contributed by atoms with E-state index < -0.39 is 23.7 Å². The lowest BCUT2D eigenvalue weighted by molar-refractivity contribution is 0.0462. The number of carboxylic acid groups (broad SMARTS) is 1. The van der Waals surface area contributed by atoms with Crippen molar-refractivity contribution in [3.63, 3.8) is 0 Å². The summed E-state index contributed by atoms with van der Waals surface area (Å²) in [6.45, 7) is 3.46. The molecule has 0 bridgehead atoms. The van der Waals surface area contributed by atoms with Crippen LogP contribution in [-0.2, 0) is 16.1 Å². The predicted octanol–water partition coefficient (Wildman–Crippen LogP) is 3.00. The highest BCUT2D eigenvalue weighted by Gasteiger charge is 2.26. The summed E-state index contributed by atoms with van der Waals surface area (Å²) in [6, 6.07) is 9.20. The molecule has 0 fully saturated rings. The summed E-state index contributed by atoms with van der Waals surface area (Å²) in [5, 5.41) is 9.67. The Balaban J connectivity index is 2.61. The molecule has 1 aromatic heterocycles. The van der Waals surface area contributed by atoms with Gasteiger partial charge in [0.05, 0.1) is 6.10 Å². The Morgan fingerprint density at radius 2 is 1.81 bits per heavy atom. The lowest BCUT2D eigenvalue weighted by Gasteiger charge is -2.22. The van der Waals surface area contributed by atoms with Crippen molar-refractivity contribution in [1.29, 1.82) is 0 Å². The molecule has 0 radical (unpaired) electrons. The molecule has 7 heteroatoms. The average molecular weight is 361 g/mol. The van der Waals surface area contributed by atoms with Crippen LogP contribution in [-0.4, -0.2) is 29.9 Å². The lowest BCUT2D eigenvalue weighted by atomic mass is 10.1. The Labute approximate surface area is 151 Å². The second kappa shape index (κ2) is 8.64. The maximum atomic E-state index is 12.9. The molecule has 0 amide bonds. The molecule has 7 nitrogen and oxygen atoms in total. The number of aromatic nitrogens is 1. The highest BCUT2D eigenvalue weighted by atomic mass is 16.5. The van der Waals surface area contributed by atoms with Crippen molar-refractivity contribution >= 4 is 5.97 Å². The van der Waals surface area contributed by atoms with E-state index in [1.807, 2.05) is 30.3 Å². The topological polar surface area (TPSA) is 87.0 Å². The number of rotatable bonds is 8. The minimum absolute atomic E-state index is 0.0720. The molecule has 0 saturated heterocycles. The monoisotopic (exact) mass is 361 g/mol. The number of methoxy groups -OCH3 is 2. The van der Waals surface area contributed by atoms with Crippen LogP contribution >= 0.6 is 0 Å². The van der Waals surface area contributed by atoms with E-state index in [0.29, 0.717) is 5.56 Å². The normalized spacial score (nSPS) is 13.2. The summed E-state index contributed by atoms with van der Waals surface area (Å²) in [5.74, 6) is -1.50. The van der Waals surface area contributed by atoms with Crippen LogP contribution in [0.2, 0.25) is 0 Å². The minimum atomic E-state index is -1.27. The molecular weight excluding hydrogens is 338 g/mol. The van der Waals surface area contributed by atoms with E-state index in [2.05, 4.69) is 0 Å². The lowest BCUT2D eigenvalue weighted by Crippen LogP contribution is -2.27. The molecule has 2 rings (SSSR count). The van der Waals surface area contributed by atoms with Gasteiger partial charge >= 0.3 is 5.97 Å². The smallest absolute Gasteiger partial charge is 0.356 e. The highest BCUT2D eigenvalue weighted by Crippen LogP contribution is 2.24. The van der Waals surface area contributed by atoms with Gasteiger partial charge in [0.15, 0.2) is 11.4 Å². The van der Waals surface area contributed by atoms with Gasteiger partial charge < -0.3 is 23.9 Å². The number of benzene rings is 1. The van der Waals surface area contributed by atoms with E-state index in [1.165, 1.54) is 25.0 Å². The van der Waals surface area contributed by atoms with Crippen LogP contribution in [0.15, 0.2) is 41.3 Å². The maximum Gasteiger partial charge on any atom is 0.356 e. The summed E-state index contributed by atoms with van der Waals surface area (Å²) in [4.78, 5) is 24.7. The third kappa shape index (κ3) is 4.12. The highest BCUT2D eigenvalue weighted by molar-refractivity contribution is 5.89. The Bertz CT molecular complexity index is 815. The number of hydrogen-bond acceptors (Lipinski definition) is 5. The van der Waals surface area contributed by atoms with Crippen molar-refractivity contribution in [1.82, 2.24) is 4.57 Å². The molecule has 0 spiro atoms. The van der Waals surface area contributed by atoms with Gasteiger partial charge in [0, 0.05) is 26.0 Å². The fraction of sp³-hybridized carbons (Fsp3) is 0.368. The predicted molar refractivity (Wildman–Crippen MR) is 95.6 cm³/mol. The zero-order valence-electron chi connectivity index (χ0n) is 15.3. The third-order valence-electron chi connectivity index (χ3n) is 4.17. The van der Waals surface area contributed by atoms with Gasteiger partial charge in [-0.05, 0) is 19.4 Å². The number of aromatic carboxylic acids is 1. The Kier molecular flexibility index (Phi) is 6.54. The Morgan fingerprint density at radius 1 is 1.15 bits per heavy atom. The molecule has 0 saturated carbocycles. The van der Waals surface area contributed by atoms with Crippen LogP contribution in [0.4, 0.5) is 0 Å². The van der Waals surface area contributed by atoms with Crippen LogP contribution < -0.4 is 10.2 Å². The van der Waals surface area contributed by atoms with Crippen molar-refractivity contribution in [2.75, 3.05) is 14.2 Å². The summed E-state index contributed by atoms with van der Waals surface area (Å²) < 4.78 is 17.5. The number of ether oxygens (including phenoxy) is 3. The van der Waals surface area contributed by atoms with Crippen molar-refractivity contribution in [3.8, 4) is 5.75 Å². The first-order chi connectivity index (χ1) is 12.4. The standard InChI is InChI=1S/C19H23NO6/c1-12(24-3)15-10-20(13(2)25-4)16(19(22)23)18(17(15)21)26-11-14-8-6-5-7-9-14/h5-10,12-13H,11H2,1-4H3,(H,22,23). The Morgan fingerprint density at radius 3 is 2.35 bits per heavy atom. The maximum absolute atomic E-state index is 12.9. The Hall–Kier alpha value is -2.64. The van der Waals surface area contributed by atoms with Crippen molar-refractivity contribution in [2.24, 2.45) is 0 Å². The van der Waals surface area contributed by atoms with Gasteiger partial charge in [-0.25, -0.2) is 4.79 Å². The van der Waals surface area contributed by atoms with Gasteiger partial charge in [0.25, 0.3) is 0 Å². The van der Waals surface area contributed by atoms with E-state index in [4.69, 9.17) is 14.2 Å². The summed E-state index contributed by atoms with van der Waals surface area (Å²) in [5.41, 5.74) is 0.351. The first kappa shape index (κ1) is 19.7. The van der Waals surface area contributed by atoms with Gasteiger partial charge in [-0.2, -0.15) is 0 Å². The molecule has 0 aliphatic heterocycles. The van der Waals surface area contributed by atoms with Crippen LogP contribution in [0.3, 0.4) is 0 Å². The summed E-state index contributed by atoms with van der Waals surface area (Å²) in [6.07, 6.45) is 0.312. The number of nitrogens with zero attached hydrogens (tertiary/aromatic N) is 1. The zero-order valence-corrected chi connectivity index (χ0v) is 15.3. The summed E-state index contributed by atoms with van der Waals surface area (Å²) in [7, 11) is 2.93. The first-order valence-electron chi connectivity index (χ1n) is 8.15. The molecular formula is C19H23NO6. The minimum Gasteiger partial charge on any atom is -0.482 e. The van der Waals surface area contributed by atoms with Gasteiger partial charge in [-0.15, -0.1) is 0 Å². The molecule has 140 valence electrons. The van der Waals surface area contributed by atoms with Gasteiger partial charge in [-0.1, -0.05) is 30.3 Å². The fourth-order valence-electron chi connectivity index (χ4n) is 2.52. The van der Waals surface area contributed by atoms with Gasteiger partial charge in [-0.3, -0.25) is 4.79 Å². The van der Waals surface area contributed by atoms with Crippen molar-refractivity contribution < 1.29 is 24.1 Å². The SMILES string of the molecule is COC(C)c1cn(C(C)OC)c(C(=O)O)c(OCc2ccccc2)c1=O. The third-order valence-corrected chi connectivity index (χ3v) is 4.17. The molecule has 1 heterocycles. The molecule has 0 aliphatic carbocycles. The average Bonchev–Trinajstić information content (AvgIpc) is 2.65. The van der Waals surface area contributed by atoms with E-state index >= 15 is 0 Å². The molecule has 2 atom stereocenters. The van der Waals surface area contributed by atoms with Crippen LogP contribution in [0.25, 0.3) is 0 Å². The van der Waals surface area contributed by atoms with E-state index in [9.17, 15) is 14.7 Å². The molecule has 0 aliphatic rings. The number of hydrogen-bond donors (Lipinski definition) is 1. The van der Waals surface area contributed by atoms with Gasteiger partial charge in [0.2, 0.25) is 5.43 Å². The first-order valence-corrected chi connectivity index (χ1v) is 8.15.